The van der Waals surface area contributed by atoms with Gasteiger partial charge in [0.25, 0.3) is 0 Å². The Morgan fingerprint density at radius 3 is 2.52 bits per heavy atom. The molecule has 21 heavy (non-hydrogen) atoms. The Balaban J connectivity index is 2.32. The number of hydrogen-bond donors (Lipinski definition) is 2. The third kappa shape index (κ3) is 2.72. The Morgan fingerprint density at radius 1 is 1.33 bits per heavy atom. The third-order valence-electron chi connectivity index (χ3n) is 3.21. The van der Waals surface area contributed by atoms with E-state index in [1.807, 2.05) is 0 Å². The molecule has 1 heterocycles. The molecule has 1 unspecified atom stereocenters. The normalized spacial score (nSPS) is 12.2. The highest BCUT2D eigenvalue weighted by Crippen LogP contribution is 2.28. The van der Waals surface area contributed by atoms with Crippen molar-refractivity contribution in [1.82, 2.24) is 5.16 Å². The summed E-state index contributed by atoms with van der Waals surface area (Å²) in [5, 5.41) is 15.3. The highest BCUT2D eigenvalue weighted by molar-refractivity contribution is 5.88. The van der Waals surface area contributed by atoms with Crippen LogP contribution in [0.5, 0.6) is 0 Å². The molecule has 0 saturated heterocycles. The molecule has 0 saturated carbocycles. The maximum atomic E-state index is 13.9. The van der Waals surface area contributed by atoms with Gasteiger partial charge in [-0.15, -0.1) is 0 Å². The van der Waals surface area contributed by atoms with Gasteiger partial charge in [-0.3, -0.25) is 0 Å². The smallest absolute Gasteiger partial charge is 0.338 e. The summed E-state index contributed by atoms with van der Waals surface area (Å²) in [6.07, 6.45) is 0. The van der Waals surface area contributed by atoms with Gasteiger partial charge in [0.15, 0.2) is 11.6 Å². The van der Waals surface area contributed by atoms with Crippen LogP contribution >= 0.6 is 0 Å². The van der Waals surface area contributed by atoms with Crippen LogP contribution in [-0.4, -0.2) is 16.2 Å². The molecule has 0 radical (unpaired) electrons. The molecule has 0 aliphatic rings. The summed E-state index contributed by atoms with van der Waals surface area (Å²) in [4.78, 5) is 10.7. The SMILES string of the molecule is Cc1noc(C)c1C(C)Nc1ccc(C(=O)O)c(F)c1F. The molecular formula is C14H14F2N2O3. The molecule has 7 heteroatoms. The molecule has 2 N–H and O–H groups in total. The average molecular weight is 296 g/mol. The topological polar surface area (TPSA) is 75.4 Å². The Hall–Kier alpha value is -2.44. The number of nitrogens with one attached hydrogen (secondary N) is 1. The van der Waals surface area contributed by atoms with Crippen molar-refractivity contribution < 1.29 is 23.2 Å². The van der Waals surface area contributed by atoms with Crippen molar-refractivity contribution in [2.45, 2.75) is 26.8 Å². The van der Waals surface area contributed by atoms with Gasteiger partial charge in [0.1, 0.15) is 5.76 Å². The lowest BCUT2D eigenvalue weighted by molar-refractivity contribution is 0.0690. The quantitative estimate of drug-likeness (QED) is 0.904. The van der Waals surface area contributed by atoms with Gasteiger partial charge in [0, 0.05) is 5.56 Å². The second kappa shape index (κ2) is 5.51. The molecular weight excluding hydrogens is 282 g/mol. The van der Waals surface area contributed by atoms with E-state index in [2.05, 4.69) is 10.5 Å². The van der Waals surface area contributed by atoms with E-state index in [0.29, 0.717) is 11.5 Å². The number of carbonyl (C=O) groups is 1. The van der Waals surface area contributed by atoms with Crippen LogP contribution in [0.2, 0.25) is 0 Å². The summed E-state index contributed by atoms with van der Waals surface area (Å²) in [5.74, 6) is -3.56. The predicted molar refractivity (Wildman–Crippen MR) is 71.3 cm³/mol. The van der Waals surface area contributed by atoms with Gasteiger partial charge in [-0.2, -0.15) is 0 Å². The minimum atomic E-state index is -1.52. The van der Waals surface area contributed by atoms with Crippen LogP contribution in [0.3, 0.4) is 0 Å². The summed E-state index contributed by atoms with van der Waals surface area (Å²) in [7, 11) is 0. The number of aromatic carboxylic acids is 1. The van der Waals surface area contributed by atoms with Gasteiger partial charge in [-0.1, -0.05) is 5.16 Å². The van der Waals surface area contributed by atoms with Crippen molar-refractivity contribution in [3.63, 3.8) is 0 Å². The van der Waals surface area contributed by atoms with Crippen LogP contribution in [0.1, 0.15) is 40.3 Å². The number of hydrogen-bond acceptors (Lipinski definition) is 4. The first-order chi connectivity index (χ1) is 9.82. The molecule has 1 aromatic carbocycles. The third-order valence-corrected chi connectivity index (χ3v) is 3.21. The number of anilines is 1. The van der Waals surface area contributed by atoms with E-state index in [-0.39, 0.29) is 11.7 Å². The maximum Gasteiger partial charge on any atom is 0.338 e. The molecule has 5 nitrogen and oxygen atoms in total. The summed E-state index contributed by atoms with van der Waals surface area (Å²) in [6.45, 7) is 5.21. The minimum Gasteiger partial charge on any atom is -0.478 e. The number of rotatable bonds is 4. The van der Waals surface area contributed by atoms with Crippen LogP contribution < -0.4 is 5.32 Å². The maximum absolute atomic E-state index is 13.9. The van der Waals surface area contributed by atoms with Crippen molar-refractivity contribution >= 4 is 11.7 Å². The van der Waals surface area contributed by atoms with Gasteiger partial charge in [0.2, 0.25) is 0 Å². The second-order valence-electron chi connectivity index (χ2n) is 4.70. The summed E-state index contributed by atoms with van der Waals surface area (Å²) in [6, 6.07) is 1.83. The van der Waals surface area contributed by atoms with Gasteiger partial charge >= 0.3 is 5.97 Å². The van der Waals surface area contributed by atoms with E-state index in [1.54, 1.807) is 20.8 Å². The molecule has 0 aliphatic heterocycles. The number of carboxylic acids is 1. The van der Waals surface area contributed by atoms with E-state index < -0.39 is 23.2 Å². The Bertz CT molecular complexity index is 678. The van der Waals surface area contributed by atoms with Crippen molar-refractivity contribution in [2.75, 3.05) is 5.32 Å². The fourth-order valence-electron chi connectivity index (χ4n) is 2.24. The van der Waals surface area contributed by atoms with Gasteiger partial charge in [0.05, 0.1) is 23.0 Å². The van der Waals surface area contributed by atoms with Crippen LogP contribution in [0.15, 0.2) is 16.7 Å². The predicted octanol–water partition coefficient (Wildman–Crippen LogP) is 3.44. The zero-order valence-electron chi connectivity index (χ0n) is 11.7. The number of halogens is 2. The van der Waals surface area contributed by atoms with Crippen LogP contribution in [0.25, 0.3) is 0 Å². The number of benzene rings is 1. The van der Waals surface area contributed by atoms with Gasteiger partial charge in [-0.25, -0.2) is 13.6 Å². The fourth-order valence-corrected chi connectivity index (χ4v) is 2.24. The van der Waals surface area contributed by atoms with Gasteiger partial charge in [-0.05, 0) is 32.9 Å². The number of carboxylic acid groups (broad SMARTS) is 1. The summed E-state index contributed by atoms with van der Waals surface area (Å²) < 4.78 is 32.5. The van der Waals surface area contributed by atoms with Crippen molar-refractivity contribution in [1.29, 1.82) is 0 Å². The standard InChI is InChI=1S/C14H14F2N2O3/c1-6(11-7(2)18-21-8(11)3)17-10-5-4-9(14(19)20)12(15)13(10)16/h4-6,17H,1-3H3,(H,19,20). The fraction of sp³-hybridized carbons (Fsp3) is 0.286. The Kier molecular flexibility index (Phi) is 3.93. The van der Waals surface area contributed by atoms with Crippen LogP contribution in [-0.2, 0) is 0 Å². The highest BCUT2D eigenvalue weighted by atomic mass is 19.2. The molecule has 0 spiro atoms. The first kappa shape index (κ1) is 15.0. The lowest BCUT2D eigenvalue weighted by atomic mass is 10.1. The molecule has 0 aliphatic carbocycles. The average Bonchev–Trinajstić information content (AvgIpc) is 2.74. The van der Waals surface area contributed by atoms with Crippen LogP contribution in [0.4, 0.5) is 14.5 Å². The van der Waals surface area contributed by atoms with Crippen molar-refractivity contribution in [3.05, 3.63) is 46.3 Å². The molecule has 0 bridgehead atoms. The number of nitrogens with zero attached hydrogens (tertiary/aromatic N) is 1. The molecule has 2 rings (SSSR count). The van der Waals surface area contributed by atoms with E-state index in [0.717, 1.165) is 11.6 Å². The number of aryl methyl sites for hydroxylation is 2. The zero-order valence-corrected chi connectivity index (χ0v) is 11.7. The molecule has 1 aromatic heterocycles. The summed E-state index contributed by atoms with van der Waals surface area (Å²) >= 11 is 0. The van der Waals surface area contributed by atoms with E-state index in [4.69, 9.17) is 9.63 Å². The minimum absolute atomic E-state index is 0.120. The molecule has 0 amide bonds. The lowest BCUT2D eigenvalue weighted by Crippen LogP contribution is -2.12. The van der Waals surface area contributed by atoms with Crippen LogP contribution in [0, 0.1) is 25.5 Å². The molecule has 112 valence electrons. The molecule has 0 fully saturated rings. The van der Waals surface area contributed by atoms with Gasteiger partial charge < -0.3 is 14.9 Å². The number of aromatic nitrogens is 1. The first-order valence-corrected chi connectivity index (χ1v) is 6.23. The monoisotopic (exact) mass is 296 g/mol. The first-order valence-electron chi connectivity index (χ1n) is 6.23. The second-order valence-corrected chi connectivity index (χ2v) is 4.70. The Morgan fingerprint density at radius 2 is 2.00 bits per heavy atom. The molecule has 2 aromatic rings. The lowest BCUT2D eigenvalue weighted by Gasteiger charge is -2.16. The summed E-state index contributed by atoms with van der Waals surface area (Å²) in [5.41, 5.74) is 0.570. The largest absolute Gasteiger partial charge is 0.478 e. The molecule has 1 atom stereocenters. The van der Waals surface area contributed by atoms with E-state index >= 15 is 0 Å². The van der Waals surface area contributed by atoms with E-state index in [9.17, 15) is 13.6 Å². The Labute approximate surface area is 119 Å². The zero-order chi connectivity index (χ0) is 15.7. The van der Waals surface area contributed by atoms with E-state index in [1.165, 1.54) is 6.07 Å². The van der Waals surface area contributed by atoms with Crippen molar-refractivity contribution in [2.24, 2.45) is 0 Å². The van der Waals surface area contributed by atoms with Crippen molar-refractivity contribution in [3.8, 4) is 0 Å². The highest BCUT2D eigenvalue weighted by Gasteiger charge is 2.21.